The average molecular weight is 277 g/mol. The normalized spacial score (nSPS) is 11.2. The van der Waals surface area contributed by atoms with Crippen LogP contribution in [0.1, 0.15) is 9.67 Å². The number of carbonyl (C=O) groups excluding carboxylic acids is 1. The summed E-state index contributed by atoms with van der Waals surface area (Å²) in [6.45, 7) is 0.263. The first-order valence-corrected chi connectivity index (χ1v) is 7.23. The standard InChI is InChI=1S/C13H11NO2S2/c15-6-5-14-13(16)11-7-10-12(18-11)8-3-1-2-4-9(8)17-10/h1-4,7,15H,5-6H2,(H,14,16). The number of amides is 1. The number of fused-ring (bicyclic) bond motifs is 3. The molecule has 0 aliphatic heterocycles. The molecule has 0 fully saturated rings. The van der Waals surface area contributed by atoms with Gasteiger partial charge in [-0.1, -0.05) is 18.2 Å². The molecule has 0 bridgehead atoms. The van der Waals surface area contributed by atoms with Crippen LogP contribution in [0.5, 0.6) is 0 Å². The van der Waals surface area contributed by atoms with Crippen molar-refractivity contribution in [3.8, 4) is 0 Å². The Bertz CT molecular complexity index is 714. The molecule has 0 aliphatic rings. The fourth-order valence-corrected chi connectivity index (χ4v) is 4.31. The summed E-state index contributed by atoms with van der Waals surface area (Å²) < 4.78 is 3.57. The summed E-state index contributed by atoms with van der Waals surface area (Å²) in [7, 11) is 0. The maximum Gasteiger partial charge on any atom is 0.261 e. The minimum absolute atomic E-state index is 0.0333. The van der Waals surface area contributed by atoms with Crippen LogP contribution in [0.15, 0.2) is 30.3 Å². The summed E-state index contributed by atoms with van der Waals surface area (Å²) >= 11 is 3.21. The Balaban J connectivity index is 2.04. The first-order valence-electron chi connectivity index (χ1n) is 5.60. The second-order valence-electron chi connectivity index (χ2n) is 3.88. The predicted molar refractivity (Wildman–Crippen MR) is 76.6 cm³/mol. The van der Waals surface area contributed by atoms with Gasteiger partial charge in [0.05, 0.1) is 16.2 Å². The molecule has 3 nitrogen and oxygen atoms in total. The lowest BCUT2D eigenvalue weighted by atomic mass is 10.2. The fourth-order valence-electron chi connectivity index (χ4n) is 1.87. The van der Waals surface area contributed by atoms with Gasteiger partial charge in [0, 0.05) is 21.3 Å². The van der Waals surface area contributed by atoms with Crippen molar-refractivity contribution in [3.63, 3.8) is 0 Å². The molecular formula is C13H11NO2S2. The number of hydrogen-bond acceptors (Lipinski definition) is 4. The third-order valence-corrected chi connectivity index (χ3v) is 5.08. The lowest BCUT2D eigenvalue weighted by Crippen LogP contribution is -2.25. The number of nitrogens with one attached hydrogen (secondary N) is 1. The summed E-state index contributed by atoms with van der Waals surface area (Å²) in [6, 6.07) is 10.1. The number of thiophene rings is 2. The number of aliphatic hydroxyl groups excluding tert-OH is 1. The van der Waals surface area contributed by atoms with E-state index in [1.807, 2.05) is 18.2 Å². The lowest BCUT2D eigenvalue weighted by molar-refractivity contribution is 0.0949. The van der Waals surface area contributed by atoms with Gasteiger partial charge in [-0.25, -0.2) is 0 Å². The smallest absolute Gasteiger partial charge is 0.261 e. The minimum atomic E-state index is -0.110. The Kier molecular flexibility index (Phi) is 3.03. The molecular weight excluding hydrogens is 266 g/mol. The second-order valence-corrected chi connectivity index (χ2v) is 6.02. The second kappa shape index (κ2) is 4.68. The Morgan fingerprint density at radius 3 is 2.89 bits per heavy atom. The summed E-state index contributed by atoms with van der Waals surface area (Å²) in [5, 5.41) is 12.6. The van der Waals surface area contributed by atoms with E-state index in [1.165, 1.54) is 26.1 Å². The highest BCUT2D eigenvalue weighted by atomic mass is 32.1. The van der Waals surface area contributed by atoms with Crippen molar-refractivity contribution in [2.24, 2.45) is 0 Å². The quantitative estimate of drug-likeness (QED) is 0.773. The highest BCUT2D eigenvalue weighted by Crippen LogP contribution is 2.39. The molecule has 3 rings (SSSR count). The largest absolute Gasteiger partial charge is 0.395 e. The van der Waals surface area contributed by atoms with E-state index in [0.717, 1.165) is 4.70 Å². The SMILES string of the molecule is O=C(NCCO)c1cc2sc3ccccc3c2s1. The number of rotatable bonds is 3. The Morgan fingerprint density at radius 2 is 2.06 bits per heavy atom. The predicted octanol–water partition coefficient (Wildman–Crippen LogP) is 2.84. The highest BCUT2D eigenvalue weighted by molar-refractivity contribution is 7.33. The molecule has 2 N–H and O–H groups in total. The van der Waals surface area contributed by atoms with Gasteiger partial charge in [0.2, 0.25) is 0 Å². The molecule has 2 aromatic heterocycles. The molecule has 0 unspecified atom stereocenters. The maximum atomic E-state index is 11.8. The van der Waals surface area contributed by atoms with Gasteiger partial charge in [-0.05, 0) is 12.1 Å². The monoisotopic (exact) mass is 277 g/mol. The van der Waals surface area contributed by atoms with Gasteiger partial charge < -0.3 is 10.4 Å². The Morgan fingerprint density at radius 1 is 1.22 bits per heavy atom. The van der Waals surface area contributed by atoms with Crippen LogP contribution in [-0.2, 0) is 0 Å². The van der Waals surface area contributed by atoms with Crippen molar-refractivity contribution in [2.75, 3.05) is 13.2 Å². The first kappa shape index (κ1) is 11.6. The summed E-state index contributed by atoms with van der Waals surface area (Å²) in [4.78, 5) is 12.5. The third kappa shape index (κ3) is 1.90. The van der Waals surface area contributed by atoms with E-state index in [4.69, 9.17) is 5.11 Å². The van der Waals surface area contributed by atoms with Crippen molar-refractivity contribution >= 4 is 48.1 Å². The molecule has 1 aromatic carbocycles. The van der Waals surface area contributed by atoms with Gasteiger partial charge in [-0.3, -0.25) is 4.79 Å². The number of carbonyl (C=O) groups is 1. The Hall–Kier alpha value is -1.43. The molecule has 1 amide bonds. The van der Waals surface area contributed by atoms with E-state index in [-0.39, 0.29) is 12.5 Å². The minimum Gasteiger partial charge on any atom is -0.395 e. The van der Waals surface area contributed by atoms with Crippen LogP contribution in [0, 0.1) is 0 Å². The first-order chi connectivity index (χ1) is 8.79. The molecule has 0 radical (unpaired) electrons. The van der Waals surface area contributed by atoms with Crippen molar-refractivity contribution in [2.45, 2.75) is 0 Å². The molecule has 0 saturated carbocycles. The fraction of sp³-hybridized carbons (Fsp3) is 0.154. The van der Waals surface area contributed by atoms with Gasteiger partial charge in [-0.2, -0.15) is 0 Å². The van der Waals surface area contributed by atoms with Crippen molar-refractivity contribution in [3.05, 3.63) is 35.2 Å². The number of benzene rings is 1. The van der Waals surface area contributed by atoms with E-state index >= 15 is 0 Å². The van der Waals surface area contributed by atoms with Crippen LogP contribution in [0.2, 0.25) is 0 Å². The van der Waals surface area contributed by atoms with Crippen LogP contribution < -0.4 is 5.32 Å². The zero-order valence-electron chi connectivity index (χ0n) is 9.47. The van der Waals surface area contributed by atoms with E-state index in [9.17, 15) is 4.79 Å². The van der Waals surface area contributed by atoms with Gasteiger partial charge in [-0.15, -0.1) is 22.7 Å². The average Bonchev–Trinajstić information content (AvgIpc) is 2.93. The van der Waals surface area contributed by atoms with Crippen molar-refractivity contribution in [1.29, 1.82) is 0 Å². The molecule has 18 heavy (non-hydrogen) atoms. The number of aliphatic hydroxyl groups is 1. The molecule has 0 saturated heterocycles. The topological polar surface area (TPSA) is 49.3 Å². The summed E-state index contributed by atoms with van der Waals surface area (Å²) in [6.07, 6.45) is 0. The van der Waals surface area contributed by atoms with Crippen LogP contribution in [-0.4, -0.2) is 24.2 Å². The van der Waals surface area contributed by atoms with Gasteiger partial charge in [0.25, 0.3) is 5.91 Å². The summed E-state index contributed by atoms with van der Waals surface area (Å²) in [5.41, 5.74) is 0. The highest BCUT2D eigenvalue weighted by Gasteiger charge is 2.13. The Labute approximate surface area is 112 Å². The van der Waals surface area contributed by atoms with Crippen LogP contribution >= 0.6 is 22.7 Å². The van der Waals surface area contributed by atoms with Crippen LogP contribution in [0.4, 0.5) is 0 Å². The molecule has 5 heteroatoms. The third-order valence-electron chi connectivity index (χ3n) is 2.67. The van der Waals surface area contributed by atoms with Crippen molar-refractivity contribution < 1.29 is 9.90 Å². The van der Waals surface area contributed by atoms with E-state index < -0.39 is 0 Å². The molecule has 2 heterocycles. The van der Waals surface area contributed by atoms with Crippen LogP contribution in [0.3, 0.4) is 0 Å². The van der Waals surface area contributed by atoms with E-state index in [0.29, 0.717) is 11.4 Å². The zero-order valence-corrected chi connectivity index (χ0v) is 11.1. The van der Waals surface area contributed by atoms with E-state index in [1.54, 1.807) is 11.3 Å². The van der Waals surface area contributed by atoms with Gasteiger partial charge >= 0.3 is 0 Å². The summed E-state index contributed by atoms with van der Waals surface area (Å²) in [5.74, 6) is -0.110. The maximum absolute atomic E-state index is 11.8. The number of hydrogen-bond donors (Lipinski definition) is 2. The molecule has 0 aliphatic carbocycles. The van der Waals surface area contributed by atoms with Crippen molar-refractivity contribution in [1.82, 2.24) is 5.32 Å². The van der Waals surface area contributed by atoms with Gasteiger partial charge in [0.1, 0.15) is 0 Å². The van der Waals surface area contributed by atoms with Gasteiger partial charge in [0.15, 0.2) is 0 Å². The zero-order chi connectivity index (χ0) is 12.5. The molecule has 0 atom stereocenters. The lowest BCUT2D eigenvalue weighted by Gasteiger charge is -1.98. The van der Waals surface area contributed by atoms with E-state index in [2.05, 4.69) is 17.4 Å². The molecule has 92 valence electrons. The molecule has 3 aromatic rings. The van der Waals surface area contributed by atoms with Crippen LogP contribution in [0.25, 0.3) is 19.5 Å². The molecule has 0 spiro atoms.